The number of esters is 3. The second-order valence-corrected chi connectivity index (χ2v) is 20.6. The van der Waals surface area contributed by atoms with Crippen LogP contribution >= 0.6 is 0 Å². The van der Waals surface area contributed by atoms with Crippen LogP contribution in [0.15, 0.2) is 85.1 Å². The van der Waals surface area contributed by atoms with E-state index in [-0.39, 0.29) is 31.1 Å². The number of hydrogen-bond acceptors (Lipinski definition) is 6. The quantitative estimate of drug-likeness (QED) is 0.0261. The molecule has 0 radical (unpaired) electrons. The van der Waals surface area contributed by atoms with Gasteiger partial charge in [0.25, 0.3) is 0 Å². The summed E-state index contributed by atoms with van der Waals surface area (Å²) in [5, 5.41) is 0. The van der Waals surface area contributed by atoms with Crippen LogP contribution in [0.2, 0.25) is 0 Å². The monoisotopic (exact) mass is 1020 g/mol. The molecule has 0 rings (SSSR count). The third-order valence-corrected chi connectivity index (χ3v) is 13.3. The van der Waals surface area contributed by atoms with Crippen molar-refractivity contribution in [3.8, 4) is 0 Å². The summed E-state index contributed by atoms with van der Waals surface area (Å²) in [7, 11) is 0. The van der Waals surface area contributed by atoms with E-state index < -0.39 is 6.10 Å². The van der Waals surface area contributed by atoms with Gasteiger partial charge < -0.3 is 14.2 Å². The molecular weight excluding hydrogens is 901 g/mol. The van der Waals surface area contributed by atoms with Crippen LogP contribution in [0, 0.1) is 0 Å². The van der Waals surface area contributed by atoms with Gasteiger partial charge in [-0.1, -0.05) is 260 Å². The van der Waals surface area contributed by atoms with E-state index >= 15 is 0 Å². The Morgan fingerprint density at radius 2 is 0.562 bits per heavy atom. The molecule has 1 unspecified atom stereocenters. The van der Waals surface area contributed by atoms with Crippen molar-refractivity contribution in [1.82, 2.24) is 0 Å². The Kier molecular flexibility index (Phi) is 58.3. The van der Waals surface area contributed by atoms with Crippen LogP contribution in [-0.2, 0) is 28.6 Å². The van der Waals surface area contributed by atoms with Gasteiger partial charge in [0, 0.05) is 19.3 Å². The zero-order valence-electron chi connectivity index (χ0n) is 48.1. The molecule has 0 aliphatic carbocycles. The highest BCUT2D eigenvalue weighted by Gasteiger charge is 2.19. The Balaban J connectivity index is 4.30. The van der Waals surface area contributed by atoms with Crippen molar-refractivity contribution in [1.29, 1.82) is 0 Å². The molecule has 420 valence electrons. The minimum absolute atomic E-state index is 0.0847. The number of unbranched alkanes of at least 4 members (excludes halogenated alkanes) is 31. The Morgan fingerprint density at radius 3 is 0.890 bits per heavy atom. The highest BCUT2D eigenvalue weighted by atomic mass is 16.6. The fourth-order valence-corrected chi connectivity index (χ4v) is 8.70. The first-order valence-electron chi connectivity index (χ1n) is 31.1. The van der Waals surface area contributed by atoms with Crippen molar-refractivity contribution in [3.05, 3.63) is 85.1 Å². The van der Waals surface area contributed by atoms with Crippen LogP contribution in [0.25, 0.3) is 0 Å². The van der Waals surface area contributed by atoms with Crippen molar-refractivity contribution in [2.45, 2.75) is 309 Å². The van der Waals surface area contributed by atoms with Crippen LogP contribution < -0.4 is 0 Å². The molecule has 6 heteroatoms. The molecule has 0 aromatic rings. The van der Waals surface area contributed by atoms with Crippen molar-refractivity contribution >= 4 is 17.9 Å². The lowest BCUT2D eigenvalue weighted by Crippen LogP contribution is -2.30. The lowest BCUT2D eigenvalue weighted by atomic mass is 10.0. The highest BCUT2D eigenvalue weighted by molar-refractivity contribution is 5.71. The normalized spacial score (nSPS) is 12.6. The van der Waals surface area contributed by atoms with Crippen LogP contribution in [0.5, 0.6) is 0 Å². The summed E-state index contributed by atoms with van der Waals surface area (Å²) < 4.78 is 16.9. The van der Waals surface area contributed by atoms with Gasteiger partial charge in [-0.2, -0.15) is 0 Å². The molecule has 0 aliphatic rings. The third kappa shape index (κ3) is 59.3. The molecule has 0 heterocycles. The number of carbonyl (C=O) groups excluding carboxylic acids is 3. The zero-order chi connectivity index (χ0) is 52.9. The summed E-state index contributed by atoms with van der Waals surface area (Å²) in [6.45, 7) is 6.46. The lowest BCUT2D eigenvalue weighted by Gasteiger charge is -2.18. The predicted molar refractivity (Wildman–Crippen MR) is 316 cm³/mol. The molecule has 0 spiro atoms. The molecule has 0 amide bonds. The van der Waals surface area contributed by atoms with Gasteiger partial charge in [0.1, 0.15) is 13.2 Å². The lowest BCUT2D eigenvalue weighted by molar-refractivity contribution is -0.167. The van der Waals surface area contributed by atoms with E-state index in [1.165, 1.54) is 141 Å². The summed E-state index contributed by atoms with van der Waals surface area (Å²) in [6.07, 6.45) is 80.1. The first-order valence-corrected chi connectivity index (χ1v) is 31.1. The number of carbonyl (C=O) groups is 3. The fraction of sp³-hybridized carbons (Fsp3) is 0.746. The van der Waals surface area contributed by atoms with Gasteiger partial charge in [0.05, 0.1) is 0 Å². The highest BCUT2D eigenvalue weighted by Crippen LogP contribution is 2.16. The van der Waals surface area contributed by atoms with Gasteiger partial charge in [-0.3, -0.25) is 14.4 Å². The molecule has 0 saturated heterocycles. The Morgan fingerprint density at radius 1 is 0.288 bits per heavy atom. The number of allylic oxidation sites excluding steroid dienone is 14. The van der Waals surface area contributed by atoms with Crippen LogP contribution in [0.4, 0.5) is 0 Å². The van der Waals surface area contributed by atoms with E-state index in [2.05, 4.69) is 106 Å². The van der Waals surface area contributed by atoms with Crippen molar-refractivity contribution < 1.29 is 28.6 Å². The summed E-state index contributed by atoms with van der Waals surface area (Å²) in [4.78, 5) is 38.2. The summed E-state index contributed by atoms with van der Waals surface area (Å²) in [5.74, 6) is -0.901. The minimum atomic E-state index is -0.789. The van der Waals surface area contributed by atoms with Gasteiger partial charge in [-0.05, 0) is 109 Å². The summed E-state index contributed by atoms with van der Waals surface area (Å²) >= 11 is 0. The smallest absolute Gasteiger partial charge is 0.306 e. The van der Waals surface area contributed by atoms with Crippen LogP contribution in [-0.4, -0.2) is 37.2 Å². The molecule has 0 N–H and O–H groups in total. The van der Waals surface area contributed by atoms with E-state index in [1.54, 1.807) is 0 Å². The Labute approximate surface area is 452 Å². The van der Waals surface area contributed by atoms with Gasteiger partial charge in [-0.15, -0.1) is 0 Å². The predicted octanol–water partition coefficient (Wildman–Crippen LogP) is 21.1. The second kappa shape index (κ2) is 61.1. The van der Waals surface area contributed by atoms with Gasteiger partial charge >= 0.3 is 17.9 Å². The van der Waals surface area contributed by atoms with E-state index in [0.717, 1.165) is 122 Å². The maximum absolute atomic E-state index is 12.9. The van der Waals surface area contributed by atoms with E-state index in [4.69, 9.17) is 14.2 Å². The Hall–Kier alpha value is -3.41. The fourth-order valence-electron chi connectivity index (χ4n) is 8.70. The Bertz CT molecular complexity index is 1400. The molecule has 0 aromatic carbocycles. The molecule has 6 nitrogen and oxygen atoms in total. The average Bonchev–Trinajstić information content (AvgIpc) is 3.39. The number of hydrogen-bond donors (Lipinski definition) is 0. The van der Waals surface area contributed by atoms with Gasteiger partial charge in [0.2, 0.25) is 0 Å². The molecule has 0 bridgehead atoms. The maximum Gasteiger partial charge on any atom is 0.306 e. The summed E-state index contributed by atoms with van der Waals surface area (Å²) in [5.41, 5.74) is 0. The van der Waals surface area contributed by atoms with Gasteiger partial charge in [0.15, 0.2) is 6.10 Å². The molecule has 0 saturated carbocycles. The first-order chi connectivity index (χ1) is 36.0. The number of rotatable bonds is 56. The molecular formula is C67H116O6. The van der Waals surface area contributed by atoms with Crippen LogP contribution in [0.1, 0.15) is 303 Å². The minimum Gasteiger partial charge on any atom is -0.462 e. The number of ether oxygens (including phenoxy) is 3. The molecule has 1 atom stereocenters. The second-order valence-electron chi connectivity index (χ2n) is 20.6. The van der Waals surface area contributed by atoms with Gasteiger partial charge in [-0.25, -0.2) is 0 Å². The van der Waals surface area contributed by atoms with E-state index in [9.17, 15) is 14.4 Å². The molecule has 0 aromatic heterocycles. The van der Waals surface area contributed by atoms with Crippen molar-refractivity contribution in [2.75, 3.05) is 13.2 Å². The SMILES string of the molecule is CC/C=C\C/C=C\C/C=C\CCCCCCCCCC(=O)OC(COC(=O)CCCCCCC/C=C\C/C=C\CCC)COC(=O)CCCCCCCCCCCCCCC/C=C\C/C=C\CCCCCCC. The standard InChI is InChI=1S/C67H116O6/c1-4-7-10-13-16-19-22-25-27-29-30-31-32-33-34-35-36-38-39-42-45-48-51-54-57-60-66(69)72-63-64(62-71-65(68)59-56-53-50-47-44-41-24-21-18-15-12-9-6-3)73-67(70)61-58-55-52-49-46-43-40-37-28-26-23-20-17-14-11-8-5-2/h8,11-12,15,17,20-22,24-26,28-30,64H,4-7,9-10,13-14,16,18-19,23,27,31-63H2,1-3H3/b11-8-,15-12-,20-17-,24-21-,25-22-,28-26-,30-29-. The zero-order valence-corrected chi connectivity index (χ0v) is 48.1. The van der Waals surface area contributed by atoms with Crippen molar-refractivity contribution in [2.24, 2.45) is 0 Å². The molecule has 73 heavy (non-hydrogen) atoms. The van der Waals surface area contributed by atoms with E-state index in [0.29, 0.717) is 19.3 Å². The first kappa shape index (κ1) is 69.6. The molecule has 0 aliphatic heterocycles. The largest absolute Gasteiger partial charge is 0.462 e. The third-order valence-electron chi connectivity index (χ3n) is 13.3. The summed E-state index contributed by atoms with van der Waals surface area (Å²) in [6, 6.07) is 0. The average molecular weight is 1020 g/mol. The maximum atomic E-state index is 12.9. The van der Waals surface area contributed by atoms with Crippen LogP contribution in [0.3, 0.4) is 0 Å². The molecule has 0 fully saturated rings. The topological polar surface area (TPSA) is 78.9 Å². The van der Waals surface area contributed by atoms with E-state index in [1.807, 2.05) is 0 Å². The van der Waals surface area contributed by atoms with Crippen molar-refractivity contribution in [3.63, 3.8) is 0 Å².